The predicted octanol–water partition coefficient (Wildman–Crippen LogP) is 1.48. The van der Waals surface area contributed by atoms with Gasteiger partial charge in [0.2, 0.25) is 0 Å². The molecule has 1 aromatic carbocycles. The number of Topliss-reactive ketones (excluding diaryl/α,β-unsaturated/α-hetero) is 1. The van der Waals surface area contributed by atoms with Crippen LogP contribution in [-0.2, 0) is 23.9 Å². The standard InChI is InChI=1S/C21H22O8/c1-11(28-19(25)8-6-12-5-7-15(22)16(23)9-12)20(26)13-10-14(13)21(27)17-3-2-4-18(24)29-17/h2,4-9,11,13-14,17,21-23,27H,3,10H2,1H3/b8-6-/t11?,13-,14-,17+,21-/m0/s1. The Labute approximate surface area is 167 Å². The third kappa shape index (κ3) is 5.03. The average molecular weight is 402 g/mol. The zero-order chi connectivity index (χ0) is 21.1. The van der Waals surface area contributed by atoms with Gasteiger partial charge in [0.15, 0.2) is 23.4 Å². The molecule has 1 aliphatic carbocycles. The van der Waals surface area contributed by atoms with E-state index in [1.807, 2.05) is 0 Å². The van der Waals surface area contributed by atoms with E-state index in [-0.39, 0.29) is 23.2 Å². The monoisotopic (exact) mass is 402 g/mol. The number of ketones is 1. The van der Waals surface area contributed by atoms with Gasteiger partial charge in [-0.1, -0.05) is 12.1 Å². The van der Waals surface area contributed by atoms with Crippen molar-refractivity contribution in [1.29, 1.82) is 0 Å². The number of aliphatic hydroxyl groups is 1. The molecule has 1 unspecified atom stereocenters. The van der Waals surface area contributed by atoms with Crippen LogP contribution in [0.3, 0.4) is 0 Å². The summed E-state index contributed by atoms with van der Waals surface area (Å²) in [5.41, 5.74) is 0.470. The average Bonchev–Trinajstić information content (AvgIpc) is 3.48. The summed E-state index contributed by atoms with van der Waals surface area (Å²) < 4.78 is 10.2. The normalized spacial score (nSPS) is 25.3. The summed E-state index contributed by atoms with van der Waals surface area (Å²) >= 11 is 0. The van der Waals surface area contributed by atoms with Gasteiger partial charge in [-0.2, -0.15) is 0 Å². The van der Waals surface area contributed by atoms with Crippen LogP contribution in [0.4, 0.5) is 0 Å². The van der Waals surface area contributed by atoms with E-state index in [2.05, 4.69) is 0 Å². The fourth-order valence-corrected chi connectivity index (χ4v) is 3.32. The molecule has 1 fully saturated rings. The molecule has 29 heavy (non-hydrogen) atoms. The zero-order valence-electron chi connectivity index (χ0n) is 15.7. The molecule has 0 bridgehead atoms. The second kappa shape index (κ2) is 8.48. The van der Waals surface area contributed by atoms with E-state index in [9.17, 15) is 29.7 Å². The first kappa shape index (κ1) is 20.6. The number of phenolic OH excluding ortho intramolecular Hbond substituents is 2. The molecule has 3 rings (SSSR count). The number of esters is 2. The van der Waals surface area contributed by atoms with Crippen molar-refractivity contribution in [1.82, 2.24) is 0 Å². The Morgan fingerprint density at radius 1 is 1.28 bits per heavy atom. The number of rotatable bonds is 7. The molecule has 1 aliphatic heterocycles. The van der Waals surface area contributed by atoms with Crippen molar-refractivity contribution in [3.05, 3.63) is 42.0 Å². The van der Waals surface area contributed by atoms with Gasteiger partial charge >= 0.3 is 11.9 Å². The van der Waals surface area contributed by atoms with Crippen molar-refractivity contribution in [3.8, 4) is 11.5 Å². The first-order valence-electron chi connectivity index (χ1n) is 9.26. The lowest BCUT2D eigenvalue weighted by Crippen LogP contribution is -2.35. The number of carbonyl (C=O) groups is 3. The summed E-state index contributed by atoms with van der Waals surface area (Å²) in [5, 5.41) is 29.0. The molecular formula is C21H22O8. The highest BCUT2D eigenvalue weighted by atomic mass is 16.6. The Morgan fingerprint density at radius 2 is 2.03 bits per heavy atom. The van der Waals surface area contributed by atoms with Crippen molar-refractivity contribution in [2.45, 2.75) is 38.1 Å². The molecule has 3 N–H and O–H groups in total. The molecule has 0 aromatic heterocycles. The number of aromatic hydroxyl groups is 2. The maximum Gasteiger partial charge on any atom is 0.331 e. The highest BCUT2D eigenvalue weighted by Crippen LogP contribution is 2.45. The number of benzene rings is 1. The number of phenols is 2. The second-order valence-electron chi connectivity index (χ2n) is 7.17. The fourth-order valence-electron chi connectivity index (χ4n) is 3.32. The summed E-state index contributed by atoms with van der Waals surface area (Å²) in [6.07, 6.45) is 3.67. The van der Waals surface area contributed by atoms with Crippen molar-refractivity contribution >= 4 is 23.8 Å². The lowest BCUT2D eigenvalue weighted by Gasteiger charge is -2.24. The van der Waals surface area contributed by atoms with E-state index in [0.717, 1.165) is 6.08 Å². The maximum atomic E-state index is 12.5. The van der Waals surface area contributed by atoms with Crippen LogP contribution in [0.2, 0.25) is 0 Å². The summed E-state index contributed by atoms with van der Waals surface area (Å²) in [6.45, 7) is 1.46. The molecule has 154 valence electrons. The predicted molar refractivity (Wildman–Crippen MR) is 101 cm³/mol. The van der Waals surface area contributed by atoms with Gasteiger partial charge in [-0.05, 0) is 43.0 Å². The van der Waals surface area contributed by atoms with Crippen LogP contribution in [0.25, 0.3) is 6.08 Å². The summed E-state index contributed by atoms with van der Waals surface area (Å²) in [5.74, 6) is -2.91. The van der Waals surface area contributed by atoms with Crippen molar-refractivity contribution in [2.75, 3.05) is 0 Å². The Morgan fingerprint density at radius 3 is 2.72 bits per heavy atom. The van der Waals surface area contributed by atoms with Gasteiger partial charge < -0.3 is 24.8 Å². The highest BCUT2D eigenvalue weighted by molar-refractivity contribution is 5.93. The Kier molecular flexibility index (Phi) is 6.03. The molecular weight excluding hydrogens is 380 g/mol. The second-order valence-corrected chi connectivity index (χ2v) is 7.17. The van der Waals surface area contributed by atoms with Crippen LogP contribution in [0.15, 0.2) is 36.4 Å². The minimum atomic E-state index is -0.989. The fraction of sp³-hybridized carbons (Fsp3) is 0.381. The minimum absolute atomic E-state index is 0.274. The number of hydrogen-bond donors (Lipinski definition) is 3. The third-order valence-corrected chi connectivity index (χ3v) is 5.02. The number of aliphatic hydroxyl groups excluding tert-OH is 1. The van der Waals surface area contributed by atoms with Crippen LogP contribution in [0.5, 0.6) is 11.5 Å². The van der Waals surface area contributed by atoms with E-state index >= 15 is 0 Å². The summed E-state index contributed by atoms with van der Waals surface area (Å²) in [4.78, 5) is 35.7. The quantitative estimate of drug-likeness (QED) is 0.355. The lowest BCUT2D eigenvalue weighted by molar-refractivity contribution is -0.152. The van der Waals surface area contributed by atoms with Gasteiger partial charge in [0.05, 0.1) is 6.10 Å². The summed E-state index contributed by atoms with van der Waals surface area (Å²) in [7, 11) is 0. The van der Waals surface area contributed by atoms with Crippen LogP contribution in [0.1, 0.15) is 25.3 Å². The highest BCUT2D eigenvalue weighted by Gasteiger charge is 2.51. The van der Waals surface area contributed by atoms with Gasteiger partial charge in [-0.25, -0.2) is 9.59 Å². The largest absolute Gasteiger partial charge is 0.504 e. The van der Waals surface area contributed by atoms with E-state index in [1.165, 1.54) is 37.3 Å². The molecule has 0 saturated heterocycles. The topological polar surface area (TPSA) is 130 Å². The van der Waals surface area contributed by atoms with Gasteiger partial charge in [0.1, 0.15) is 6.10 Å². The molecule has 8 heteroatoms. The van der Waals surface area contributed by atoms with Crippen molar-refractivity contribution < 1.29 is 39.2 Å². The van der Waals surface area contributed by atoms with Crippen LogP contribution in [0, 0.1) is 11.8 Å². The van der Waals surface area contributed by atoms with E-state index in [4.69, 9.17) is 9.47 Å². The van der Waals surface area contributed by atoms with E-state index in [0.29, 0.717) is 18.4 Å². The first-order chi connectivity index (χ1) is 13.8. The van der Waals surface area contributed by atoms with Gasteiger partial charge in [-0.3, -0.25) is 4.79 Å². The molecule has 1 aromatic rings. The molecule has 0 amide bonds. The number of carbonyl (C=O) groups excluding carboxylic acids is 3. The molecule has 5 atom stereocenters. The van der Waals surface area contributed by atoms with Gasteiger partial charge in [0, 0.05) is 24.5 Å². The molecule has 0 spiro atoms. The zero-order valence-corrected chi connectivity index (χ0v) is 15.7. The number of ether oxygens (including phenoxy) is 2. The molecule has 1 heterocycles. The SMILES string of the molecule is CC(OC(=O)/C=C\c1ccc(O)c(O)c1)C(=O)[C@H]1C[C@@H]1[C@H](O)[C@H]1CC=CC(=O)O1. The molecule has 8 nitrogen and oxygen atoms in total. The molecule has 1 saturated carbocycles. The minimum Gasteiger partial charge on any atom is -0.504 e. The van der Waals surface area contributed by atoms with Crippen LogP contribution in [-0.4, -0.2) is 51.4 Å². The van der Waals surface area contributed by atoms with Gasteiger partial charge in [0.25, 0.3) is 0 Å². The number of hydrogen-bond acceptors (Lipinski definition) is 8. The Hall–Kier alpha value is -3.13. The van der Waals surface area contributed by atoms with Gasteiger partial charge in [-0.15, -0.1) is 0 Å². The summed E-state index contributed by atoms with van der Waals surface area (Å²) in [6, 6.07) is 4.05. The Balaban J connectivity index is 1.49. The van der Waals surface area contributed by atoms with Crippen molar-refractivity contribution in [2.24, 2.45) is 11.8 Å². The van der Waals surface area contributed by atoms with Crippen LogP contribution < -0.4 is 0 Å². The number of cyclic esters (lactones) is 1. The van der Waals surface area contributed by atoms with Crippen molar-refractivity contribution in [3.63, 3.8) is 0 Å². The smallest absolute Gasteiger partial charge is 0.331 e. The van der Waals surface area contributed by atoms with E-state index < -0.39 is 36.2 Å². The molecule has 2 aliphatic rings. The third-order valence-electron chi connectivity index (χ3n) is 5.02. The lowest BCUT2D eigenvalue weighted by atomic mass is 10.0. The maximum absolute atomic E-state index is 12.5. The molecule has 0 radical (unpaired) electrons. The first-order valence-corrected chi connectivity index (χ1v) is 9.26. The van der Waals surface area contributed by atoms with E-state index in [1.54, 1.807) is 6.08 Å². The van der Waals surface area contributed by atoms with Crippen LogP contribution >= 0.6 is 0 Å². The Bertz CT molecular complexity index is 871.